The van der Waals surface area contributed by atoms with Gasteiger partial charge >= 0.3 is 0 Å². The summed E-state index contributed by atoms with van der Waals surface area (Å²) in [6.07, 6.45) is 3.44. The van der Waals surface area contributed by atoms with Crippen molar-refractivity contribution in [2.75, 3.05) is 10.6 Å². The van der Waals surface area contributed by atoms with E-state index in [9.17, 15) is 9.59 Å². The number of nitrogens with zero attached hydrogens (tertiary/aromatic N) is 1. The molecule has 0 saturated heterocycles. The Kier molecular flexibility index (Phi) is 6.37. The molecule has 3 aromatic rings. The number of imide groups is 1. The molecule has 1 unspecified atom stereocenters. The average molecular weight is 428 g/mol. The lowest BCUT2D eigenvalue weighted by Crippen LogP contribution is -2.47. The molecule has 4 N–H and O–H groups in total. The Balaban J connectivity index is 1.70. The van der Waals surface area contributed by atoms with E-state index in [1.54, 1.807) is 25.1 Å². The standard InChI is InChI=1S/C27H29N3O2/c1-18(28)26(31)30-24-17-9-16-23(29)25(24)21-14-8-7-13-20(21)22(27(30)32)15-6-5-12-19-10-3-2-4-11-19/h2-4,7-11,13-14,16-18,22H,5-6,12,15,28-29H2,1H3/t18-,22?/m0/s1. The van der Waals surface area contributed by atoms with Crippen LogP contribution in [0.3, 0.4) is 0 Å². The minimum absolute atomic E-state index is 0.233. The van der Waals surface area contributed by atoms with Crippen molar-refractivity contribution in [3.63, 3.8) is 0 Å². The average Bonchev–Trinajstić information content (AvgIpc) is 2.90. The van der Waals surface area contributed by atoms with Gasteiger partial charge in [0.1, 0.15) is 0 Å². The van der Waals surface area contributed by atoms with E-state index in [4.69, 9.17) is 11.5 Å². The minimum Gasteiger partial charge on any atom is -0.398 e. The highest BCUT2D eigenvalue weighted by Gasteiger charge is 2.38. The molecule has 164 valence electrons. The number of anilines is 2. The summed E-state index contributed by atoms with van der Waals surface area (Å²) < 4.78 is 0. The summed E-state index contributed by atoms with van der Waals surface area (Å²) in [6.45, 7) is 1.61. The van der Waals surface area contributed by atoms with E-state index in [-0.39, 0.29) is 5.91 Å². The van der Waals surface area contributed by atoms with Crippen LogP contribution in [0, 0.1) is 0 Å². The van der Waals surface area contributed by atoms with Crippen molar-refractivity contribution in [1.29, 1.82) is 0 Å². The molecular weight excluding hydrogens is 398 g/mol. The molecule has 1 aliphatic rings. The third-order valence-electron chi connectivity index (χ3n) is 6.10. The van der Waals surface area contributed by atoms with Crippen molar-refractivity contribution < 1.29 is 9.59 Å². The zero-order chi connectivity index (χ0) is 22.7. The van der Waals surface area contributed by atoms with Crippen LogP contribution in [0.2, 0.25) is 0 Å². The van der Waals surface area contributed by atoms with Gasteiger partial charge in [-0.2, -0.15) is 0 Å². The van der Waals surface area contributed by atoms with Gasteiger partial charge in [0.15, 0.2) is 0 Å². The van der Waals surface area contributed by atoms with Gasteiger partial charge in [-0.15, -0.1) is 0 Å². The Morgan fingerprint density at radius 2 is 1.69 bits per heavy atom. The van der Waals surface area contributed by atoms with E-state index in [0.717, 1.165) is 36.0 Å². The molecule has 5 heteroatoms. The van der Waals surface area contributed by atoms with Crippen molar-refractivity contribution in [1.82, 2.24) is 0 Å². The number of carbonyl (C=O) groups is 2. The molecule has 0 fully saturated rings. The van der Waals surface area contributed by atoms with Crippen molar-refractivity contribution in [3.05, 3.63) is 83.9 Å². The normalized spacial score (nSPS) is 16.1. The first-order chi connectivity index (χ1) is 15.5. The second-order valence-electron chi connectivity index (χ2n) is 8.41. The number of carbonyl (C=O) groups excluding carboxylic acids is 2. The zero-order valence-electron chi connectivity index (χ0n) is 18.3. The van der Waals surface area contributed by atoms with Crippen LogP contribution >= 0.6 is 0 Å². The summed E-state index contributed by atoms with van der Waals surface area (Å²) in [5, 5.41) is 0. The molecule has 0 aliphatic carbocycles. The summed E-state index contributed by atoms with van der Waals surface area (Å²) in [6, 6.07) is 22.7. The molecule has 4 rings (SSSR count). The summed E-state index contributed by atoms with van der Waals surface area (Å²) >= 11 is 0. The lowest BCUT2D eigenvalue weighted by atomic mass is 9.87. The van der Waals surface area contributed by atoms with Crippen LogP contribution in [0.5, 0.6) is 0 Å². The van der Waals surface area contributed by atoms with Crippen molar-refractivity contribution in [2.24, 2.45) is 5.73 Å². The molecule has 5 nitrogen and oxygen atoms in total. The van der Waals surface area contributed by atoms with Crippen LogP contribution in [0.4, 0.5) is 11.4 Å². The molecule has 3 aromatic carbocycles. The highest BCUT2D eigenvalue weighted by atomic mass is 16.2. The zero-order valence-corrected chi connectivity index (χ0v) is 18.3. The van der Waals surface area contributed by atoms with Gasteiger partial charge in [0.25, 0.3) is 0 Å². The van der Waals surface area contributed by atoms with Gasteiger partial charge in [0, 0.05) is 11.3 Å². The highest BCUT2D eigenvalue weighted by Crippen LogP contribution is 2.45. The maximum atomic E-state index is 13.8. The number of amides is 2. The van der Waals surface area contributed by atoms with E-state index < -0.39 is 17.9 Å². The molecule has 2 atom stereocenters. The fourth-order valence-corrected chi connectivity index (χ4v) is 4.51. The fraction of sp³-hybridized carbons (Fsp3) is 0.259. The quantitative estimate of drug-likeness (QED) is 0.442. The van der Waals surface area contributed by atoms with Gasteiger partial charge in [0.2, 0.25) is 11.8 Å². The SMILES string of the molecule is C[C@H](N)C(=O)N1C(=O)C(CCCCc2ccccc2)c2ccccc2-c2c(N)cccc21. The van der Waals surface area contributed by atoms with Crippen LogP contribution in [0.25, 0.3) is 11.1 Å². The predicted octanol–water partition coefficient (Wildman–Crippen LogP) is 4.65. The van der Waals surface area contributed by atoms with Gasteiger partial charge in [-0.25, -0.2) is 4.90 Å². The summed E-state index contributed by atoms with van der Waals surface area (Å²) in [5.41, 5.74) is 17.2. The van der Waals surface area contributed by atoms with E-state index in [0.29, 0.717) is 17.8 Å². The maximum absolute atomic E-state index is 13.8. The number of nitrogens with two attached hydrogens (primary N) is 2. The molecule has 1 aliphatic heterocycles. The van der Waals surface area contributed by atoms with E-state index >= 15 is 0 Å². The molecule has 32 heavy (non-hydrogen) atoms. The molecule has 2 amide bonds. The monoisotopic (exact) mass is 427 g/mol. The van der Waals surface area contributed by atoms with E-state index in [1.165, 1.54) is 10.5 Å². The van der Waals surface area contributed by atoms with Gasteiger partial charge in [-0.1, -0.05) is 67.1 Å². The van der Waals surface area contributed by atoms with E-state index in [2.05, 4.69) is 12.1 Å². The lowest BCUT2D eigenvalue weighted by molar-refractivity contribution is -0.127. The van der Waals surface area contributed by atoms with Crippen LogP contribution in [0.1, 0.15) is 43.2 Å². The van der Waals surface area contributed by atoms with Crippen LogP contribution < -0.4 is 16.4 Å². The first kappa shape index (κ1) is 21.8. The van der Waals surface area contributed by atoms with Gasteiger partial charge in [-0.05, 0) is 55.0 Å². The smallest absolute Gasteiger partial charge is 0.250 e. The topological polar surface area (TPSA) is 89.4 Å². The van der Waals surface area contributed by atoms with Crippen LogP contribution in [0.15, 0.2) is 72.8 Å². The number of hydrogen-bond acceptors (Lipinski definition) is 4. The number of benzene rings is 3. The predicted molar refractivity (Wildman–Crippen MR) is 129 cm³/mol. The van der Waals surface area contributed by atoms with Gasteiger partial charge in [0.05, 0.1) is 17.6 Å². The number of aryl methyl sites for hydroxylation is 1. The van der Waals surface area contributed by atoms with Gasteiger partial charge < -0.3 is 11.5 Å². The molecule has 0 spiro atoms. The van der Waals surface area contributed by atoms with Crippen molar-refractivity contribution in [3.8, 4) is 11.1 Å². The second kappa shape index (κ2) is 9.37. The van der Waals surface area contributed by atoms with Crippen molar-refractivity contribution >= 4 is 23.2 Å². The third kappa shape index (κ3) is 4.16. The number of rotatable bonds is 6. The minimum atomic E-state index is -0.798. The maximum Gasteiger partial charge on any atom is 0.250 e. The molecule has 0 saturated carbocycles. The Morgan fingerprint density at radius 1 is 0.969 bits per heavy atom. The summed E-state index contributed by atoms with van der Waals surface area (Å²) in [4.78, 5) is 28.1. The highest BCUT2D eigenvalue weighted by molar-refractivity contribution is 6.22. The fourth-order valence-electron chi connectivity index (χ4n) is 4.51. The Hall–Kier alpha value is -3.44. The first-order valence-corrected chi connectivity index (χ1v) is 11.1. The number of unbranched alkanes of at least 4 members (excludes halogenated alkanes) is 1. The summed E-state index contributed by atoms with van der Waals surface area (Å²) in [7, 11) is 0. The number of fused-ring (bicyclic) bond motifs is 3. The lowest BCUT2D eigenvalue weighted by Gasteiger charge is -2.26. The third-order valence-corrected chi connectivity index (χ3v) is 6.10. The second-order valence-corrected chi connectivity index (χ2v) is 8.41. The molecule has 0 aromatic heterocycles. The van der Waals surface area contributed by atoms with Crippen LogP contribution in [-0.2, 0) is 16.0 Å². The van der Waals surface area contributed by atoms with E-state index in [1.807, 2.05) is 42.5 Å². The first-order valence-electron chi connectivity index (χ1n) is 11.1. The van der Waals surface area contributed by atoms with Gasteiger partial charge in [-0.3, -0.25) is 9.59 Å². The Labute approximate surface area is 189 Å². The largest absolute Gasteiger partial charge is 0.398 e. The Morgan fingerprint density at radius 3 is 2.44 bits per heavy atom. The van der Waals surface area contributed by atoms with Crippen molar-refractivity contribution in [2.45, 2.75) is 44.6 Å². The number of hydrogen-bond donors (Lipinski definition) is 2. The Bertz CT molecular complexity index is 1120. The molecule has 1 heterocycles. The summed E-state index contributed by atoms with van der Waals surface area (Å²) in [5.74, 6) is -1.08. The number of nitrogen functional groups attached to an aromatic ring is 1. The molecular formula is C27H29N3O2. The molecule has 0 radical (unpaired) electrons. The van der Waals surface area contributed by atoms with Crippen LogP contribution in [-0.4, -0.2) is 17.9 Å². The molecule has 0 bridgehead atoms.